The van der Waals surface area contributed by atoms with Crippen LogP contribution in [0.5, 0.6) is 0 Å². The quantitative estimate of drug-likeness (QED) is 0.634. The Bertz CT molecular complexity index is 881. The number of anilines is 1. The van der Waals surface area contributed by atoms with Crippen LogP contribution in [-0.4, -0.2) is 66.8 Å². The molecule has 31 heavy (non-hydrogen) atoms. The minimum Gasteiger partial charge on any atom is -0.352 e. The number of carbonyl (C=O) groups excluding carboxylic acids is 3. The fraction of sp³-hybridized carbons (Fsp3) is 0.348. The molecule has 1 aliphatic rings. The second-order valence-electron chi connectivity index (χ2n) is 7.44. The van der Waals surface area contributed by atoms with Crippen LogP contribution in [0.3, 0.4) is 0 Å². The van der Waals surface area contributed by atoms with Crippen molar-refractivity contribution >= 4 is 23.4 Å². The number of rotatable bonds is 8. The van der Waals surface area contributed by atoms with Gasteiger partial charge in [-0.3, -0.25) is 19.3 Å². The largest absolute Gasteiger partial charge is 0.352 e. The summed E-state index contributed by atoms with van der Waals surface area (Å²) in [6.07, 6.45) is 0.956. The van der Waals surface area contributed by atoms with E-state index in [-0.39, 0.29) is 30.1 Å². The number of halogens is 1. The highest BCUT2D eigenvalue weighted by atomic mass is 19.1. The van der Waals surface area contributed by atoms with Gasteiger partial charge < -0.3 is 15.5 Å². The van der Waals surface area contributed by atoms with E-state index < -0.39 is 0 Å². The lowest BCUT2D eigenvalue weighted by Gasteiger charge is -2.34. The summed E-state index contributed by atoms with van der Waals surface area (Å²) in [5.74, 6) is -0.595. The second kappa shape index (κ2) is 11.2. The highest BCUT2D eigenvalue weighted by Crippen LogP contribution is 2.09. The third kappa shape index (κ3) is 7.18. The number of hydrogen-bond donors (Lipinski definition) is 2. The molecule has 3 amide bonds. The summed E-state index contributed by atoms with van der Waals surface area (Å²) in [7, 11) is 0. The molecule has 0 aliphatic carbocycles. The highest BCUT2D eigenvalue weighted by Gasteiger charge is 2.22. The Hall–Kier alpha value is -3.26. The maximum absolute atomic E-state index is 12.9. The molecule has 2 aromatic carbocycles. The first kappa shape index (κ1) is 22.4. The molecule has 0 atom stereocenters. The minimum absolute atomic E-state index is 0.0596. The van der Waals surface area contributed by atoms with Crippen LogP contribution < -0.4 is 10.6 Å². The van der Waals surface area contributed by atoms with E-state index in [1.807, 2.05) is 23.1 Å². The molecule has 0 unspecified atom stereocenters. The summed E-state index contributed by atoms with van der Waals surface area (Å²) in [5, 5.41) is 5.57. The summed E-state index contributed by atoms with van der Waals surface area (Å²) in [6.45, 7) is 3.05. The molecule has 0 saturated carbocycles. The van der Waals surface area contributed by atoms with Gasteiger partial charge in [0.2, 0.25) is 11.8 Å². The summed E-state index contributed by atoms with van der Waals surface area (Å²) < 4.78 is 12.9. The maximum atomic E-state index is 12.9. The Balaban J connectivity index is 1.30. The molecular weight excluding hydrogens is 399 g/mol. The molecule has 0 spiro atoms. The number of piperazine rings is 1. The molecule has 1 heterocycles. The van der Waals surface area contributed by atoms with Crippen LogP contribution in [0.25, 0.3) is 0 Å². The molecule has 0 radical (unpaired) electrons. The molecule has 1 aliphatic heterocycles. The maximum Gasteiger partial charge on any atom is 0.251 e. The van der Waals surface area contributed by atoms with Crippen molar-refractivity contribution in [2.45, 2.75) is 12.8 Å². The number of nitrogens with one attached hydrogen (secondary N) is 2. The van der Waals surface area contributed by atoms with E-state index in [0.717, 1.165) is 0 Å². The summed E-state index contributed by atoms with van der Waals surface area (Å²) in [6, 6.07) is 14.6. The molecule has 2 aromatic rings. The Labute approximate surface area is 181 Å². The molecule has 7 nitrogen and oxygen atoms in total. The van der Waals surface area contributed by atoms with Gasteiger partial charge in [0.25, 0.3) is 5.91 Å². The molecular formula is C23H27FN4O3. The van der Waals surface area contributed by atoms with Crippen LogP contribution in [0, 0.1) is 5.82 Å². The topological polar surface area (TPSA) is 81.8 Å². The Kier molecular flexibility index (Phi) is 8.12. The van der Waals surface area contributed by atoms with Crippen molar-refractivity contribution < 1.29 is 18.8 Å². The van der Waals surface area contributed by atoms with Gasteiger partial charge >= 0.3 is 0 Å². The van der Waals surface area contributed by atoms with Crippen molar-refractivity contribution in [3.8, 4) is 0 Å². The molecule has 2 N–H and O–H groups in total. The van der Waals surface area contributed by atoms with Gasteiger partial charge in [-0.2, -0.15) is 0 Å². The Morgan fingerprint density at radius 3 is 2.26 bits per heavy atom. The normalized spacial score (nSPS) is 14.2. The summed E-state index contributed by atoms with van der Waals surface area (Å²) in [5.41, 5.74) is 1.16. The van der Waals surface area contributed by atoms with Crippen molar-refractivity contribution in [1.29, 1.82) is 0 Å². The first-order chi connectivity index (χ1) is 15.0. The van der Waals surface area contributed by atoms with Gasteiger partial charge in [-0.1, -0.05) is 18.2 Å². The van der Waals surface area contributed by atoms with E-state index in [1.54, 1.807) is 17.0 Å². The number of amides is 3. The molecule has 0 bridgehead atoms. The summed E-state index contributed by atoms with van der Waals surface area (Å²) >= 11 is 0. The van der Waals surface area contributed by atoms with Crippen molar-refractivity contribution in [2.24, 2.45) is 0 Å². The van der Waals surface area contributed by atoms with Gasteiger partial charge in [-0.05, 0) is 42.8 Å². The van der Waals surface area contributed by atoms with Crippen LogP contribution in [-0.2, 0) is 9.59 Å². The van der Waals surface area contributed by atoms with Crippen LogP contribution >= 0.6 is 0 Å². The third-order valence-electron chi connectivity index (χ3n) is 5.11. The fourth-order valence-electron chi connectivity index (χ4n) is 3.38. The van der Waals surface area contributed by atoms with Gasteiger partial charge in [0.1, 0.15) is 5.82 Å². The monoisotopic (exact) mass is 426 g/mol. The first-order valence-corrected chi connectivity index (χ1v) is 10.4. The van der Waals surface area contributed by atoms with E-state index in [0.29, 0.717) is 56.8 Å². The van der Waals surface area contributed by atoms with Crippen LogP contribution in [0.1, 0.15) is 23.2 Å². The smallest absolute Gasteiger partial charge is 0.251 e. The van der Waals surface area contributed by atoms with Crippen LogP contribution in [0.4, 0.5) is 10.1 Å². The van der Waals surface area contributed by atoms with Gasteiger partial charge in [-0.15, -0.1) is 0 Å². The van der Waals surface area contributed by atoms with Gasteiger partial charge in [0.05, 0.1) is 6.54 Å². The Morgan fingerprint density at radius 2 is 1.58 bits per heavy atom. The lowest BCUT2D eigenvalue weighted by molar-refractivity contribution is -0.133. The van der Waals surface area contributed by atoms with Gasteiger partial charge in [0, 0.05) is 50.4 Å². The van der Waals surface area contributed by atoms with Crippen molar-refractivity contribution in [2.75, 3.05) is 44.6 Å². The van der Waals surface area contributed by atoms with E-state index in [9.17, 15) is 18.8 Å². The zero-order chi connectivity index (χ0) is 22.1. The number of carbonyl (C=O) groups is 3. The van der Waals surface area contributed by atoms with Gasteiger partial charge in [0.15, 0.2) is 0 Å². The lowest BCUT2D eigenvalue weighted by Crippen LogP contribution is -2.50. The fourth-order valence-corrected chi connectivity index (χ4v) is 3.38. The first-order valence-electron chi connectivity index (χ1n) is 10.4. The van der Waals surface area contributed by atoms with E-state index in [1.165, 1.54) is 24.3 Å². The second-order valence-corrected chi connectivity index (χ2v) is 7.44. The molecule has 0 aromatic heterocycles. The van der Waals surface area contributed by atoms with Gasteiger partial charge in [-0.25, -0.2) is 4.39 Å². The lowest BCUT2D eigenvalue weighted by atomic mass is 10.2. The van der Waals surface area contributed by atoms with Crippen LogP contribution in [0.2, 0.25) is 0 Å². The zero-order valence-corrected chi connectivity index (χ0v) is 17.4. The molecule has 164 valence electrons. The average Bonchev–Trinajstić information content (AvgIpc) is 2.79. The standard InChI is InChI=1S/C23H27FN4O3/c24-19-8-10-20(11-9-19)26-21(29)17-27-13-15-28(16-14-27)22(30)7-4-12-25-23(31)18-5-2-1-3-6-18/h1-3,5-6,8-11H,4,7,12-17H2,(H,25,31)(H,26,29). The highest BCUT2D eigenvalue weighted by molar-refractivity contribution is 5.94. The number of nitrogens with zero attached hydrogens (tertiary/aromatic N) is 2. The number of benzene rings is 2. The van der Waals surface area contributed by atoms with Crippen LogP contribution in [0.15, 0.2) is 54.6 Å². The van der Waals surface area contributed by atoms with Crippen molar-refractivity contribution in [1.82, 2.24) is 15.1 Å². The van der Waals surface area contributed by atoms with Crippen molar-refractivity contribution in [3.63, 3.8) is 0 Å². The zero-order valence-electron chi connectivity index (χ0n) is 17.4. The minimum atomic E-state index is -0.350. The third-order valence-corrected chi connectivity index (χ3v) is 5.11. The summed E-state index contributed by atoms with van der Waals surface area (Å²) in [4.78, 5) is 40.3. The van der Waals surface area contributed by atoms with E-state index in [2.05, 4.69) is 10.6 Å². The number of hydrogen-bond acceptors (Lipinski definition) is 4. The molecule has 3 rings (SSSR count). The van der Waals surface area contributed by atoms with E-state index in [4.69, 9.17) is 0 Å². The van der Waals surface area contributed by atoms with E-state index >= 15 is 0 Å². The molecule has 1 fully saturated rings. The van der Waals surface area contributed by atoms with Crippen molar-refractivity contribution in [3.05, 3.63) is 66.0 Å². The predicted octanol–water partition coefficient (Wildman–Crippen LogP) is 2.12. The molecule has 1 saturated heterocycles. The molecule has 8 heteroatoms. The Morgan fingerprint density at radius 1 is 0.903 bits per heavy atom. The average molecular weight is 426 g/mol. The predicted molar refractivity (Wildman–Crippen MR) is 116 cm³/mol. The SMILES string of the molecule is O=C(CN1CCN(C(=O)CCCNC(=O)c2ccccc2)CC1)Nc1ccc(F)cc1.